The van der Waals surface area contributed by atoms with Crippen molar-refractivity contribution < 1.29 is 31.9 Å². The van der Waals surface area contributed by atoms with Crippen LogP contribution in [0.2, 0.25) is 0 Å². The number of alkyl halides is 3. The number of imidazole rings is 1. The number of ether oxygens (including phenoxy) is 1. The average Bonchev–Trinajstić information content (AvgIpc) is 2.96. The summed E-state index contributed by atoms with van der Waals surface area (Å²) in [6.45, 7) is 0. The smallest absolute Gasteiger partial charge is 0.406 e. The van der Waals surface area contributed by atoms with Gasteiger partial charge in [-0.25, -0.2) is 9.37 Å². The number of nitrogens with one attached hydrogen (secondary N) is 1. The maximum absolute atomic E-state index is 14.2. The molecular formula is C19H19F4N3O3. The zero-order chi connectivity index (χ0) is 21.0. The van der Waals surface area contributed by atoms with Crippen LogP contribution in [0.25, 0.3) is 5.69 Å². The maximum Gasteiger partial charge on any atom is 0.573 e. The third-order valence-corrected chi connectivity index (χ3v) is 4.72. The minimum Gasteiger partial charge on any atom is -0.406 e. The monoisotopic (exact) mass is 413 g/mol. The Morgan fingerprint density at radius 2 is 1.83 bits per heavy atom. The quantitative estimate of drug-likeness (QED) is 0.465. The molecule has 1 aromatic heterocycles. The number of nitrogens with zero attached hydrogens (tertiary/aromatic N) is 2. The molecule has 156 valence electrons. The molecule has 1 N–H and O–H groups in total. The molecule has 29 heavy (non-hydrogen) atoms. The molecule has 1 aromatic carbocycles. The molecular weight excluding hydrogens is 394 g/mol. The third kappa shape index (κ3) is 5.33. The lowest BCUT2D eigenvalue weighted by molar-refractivity contribution is -0.274. The van der Waals surface area contributed by atoms with Gasteiger partial charge in [0.2, 0.25) is 11.7 Å². The molecule has 0 unspecified atom stereocenters. The van der Waals surface area contributed by atoms with Crippen molar-refractivity contribution in [1.29, 1.82) is 0 Å². The highest BCUT2D eigenvalue weighted by Gasteiger charge is 2.31. The summed E-state index contributed by atoms with van der Waals surface area (Å²) in [5.41, 5.74) is -0.365. The van der Waals surface area contributed by atoms with Crippen molar-refractivity contribution in [3.05, 3.63) is 42.2 Å². The van der Waals surface area contributed by atoms with E-state index in [1.807, 2.05) is 0 Å². The number of benzene rings is 1. The molecule has 2 aromatic rings. The lowest BCUT2D eigenvalue weighted by Gasteiger charge is -2.15. The normalized spacial score (nSPS) is 15.6. The Kier molecular flexibility index (Phi) is 6.19. The molecule has 1 fully saturated rings. The van der Waals surface area contributed by atoms with Crippen molar-refractivity contribution in [2.24, 2.45) is 5.92 Å². The molecule has 1 aliphatic rings. The van der Waals surface area contributed by atoms with Gasteiger partial charge in [0.05, 0.1) is 5.69 Å². The molecule has 0 aliphatic heterocycles. The van der Waals surface area contributed by atoms with Gasteiger partial charge in [-0.3, -0.25) is 19.5 Å². The summed E-state index contributed by atoms with van der Waals surface area (Å²) < 4.78 is 56.3. The summed E-state index contributed by atoms with van der Waals surface area (Å²) in [5.74, 6) is -3.43. The van der Waals surface area contributed by atoms with Crippen LogP contribution < -0.4 is 10.1 Å². The number of amides is 2. The highest BCUT2D eigenvalue weighted by Crippen LogP contribution is 2.27. The van der Waals surface area contributed by atoms with Gasteiger partial charge < -0.3 is 4.74 Å². The largest absolute Gasteiger partial charge is 0.573 e. The zero-order valence-corrected chi connectivity index (χ0v) is 15.3. The number of rotatable bonds is 4. The highest BCUT2D eigenvalue weighted by molar-refractivity contribution is 6.03. The van der Waals surface area contributed by atoms with Crippen LogP contribution in [0.3, 0.4) is 0 Å². The Balaban J connectivity index is 1.80. The predicted molar refractivity (Wildman–Crippen MR) is 93.9 cm³/mol. The molecule has 1 saturated carbocycles. The summed E-state index contributed by atoms with van der Waals surface area (Å²) in [7, 11) is 0. The number of hydrogen-bond donors (Lipinski definition) is 1. The van der Waals surface area contributed by atoms with Crippen molar-refractivity contribution in [2.45, 2.75) is 44.9 Å². The zero-order valence-electron chi connectivity index (χ0n) is 15.3. The summed E-state index contributed by atoms with van der Waals surface area (Å²) in [6.07, 6.45) is 2.68. The summed E-state index contributed by atoms with van der Waals surface area (Å²) in [6, 6.07) is 2.40. The molecule has 10 heteroatoms. The maximum atomic E-state index is 14.2. The van der Waals surface area contributed by atoms with Gasteiger partial charge >= 0.3 is 6.36 Å². The minimum atomic E-state index is -4.95. The van der Waals surface area contributed by atoms with Crippen molar-refractivity contribution >= 4 is 11.8 Å². The van der Waals surface area contributed by atoms with E-state index in [9.17, 15) is 27.2 Å². The molecule has 0 spiro atoms. The van der Waals surface area contributed by atoms with Crippen LogP contribution in [0.15, 0.2) is 30.6 Å². The predicted octanol–water partition coefficient (Wildman–Crippen LogP) is 4.14. The first-order valence-electron chi connectivity index (χ1n) is 9.19. The van der Waals surface area contributed by atoms with Gasteiger partial charge in [-0.1, -0.05) is 25.7 Å². The second-order valence-corrected chi connectivity index (χ2v) is 6.79. The highest BCUT2D eigenvalue weighted by atomic mass is 19.4. The van der Waals surface area contributed by atoms with Crippen LogP contribution in [-0.4, -0.2) is 27.7 Å². The molecule has 3 rings (SSSR count). The van der Waals surface area contributed by atoms with Gasteiger partial charge in [0.1, 0.15) is 11.6 Å². The Morgan fingerprint density at radius 3 is 2.48 bits per heavy atom. The standard InChI is InChI=1S/C19H19F4N3O3/c20-14-8-7-13(29-19(21,22)23)11-15(14)26-10-9-24-16(26)18(28)25-17(27)12-5-3-1-2-4-6-12/h7-12H,1-6H2,(H,25,27,28). The lowest BCUT2D eigenvalue weighted by Crippen LogP contribution is -2.37. The molecule has 1 aliphatic carbocycles. The van der Waals surface area contributed by atoms with E-state index in [0.717, 1.165) is 48.4 Å². The topological polar surface area (TPSA) is 73.2 Å². The van der Waals surface area contributed by atoms with Crippen molar-refractivity contribution in [2.75, 3.05) is 0 Å². The van der Waals surface area contributed by atoms with Gasteiger partial charge in [-0.2, -0.15) is 0 Å². The SMILES string of the molecule is O=C(NC(=O)C1CCCCCC1)c1nccn1-c1cc(OC(F)(F)F)ccc1F. The van der Waals surface area contributed by atoms with Crippen LogP contribution in [0.4, 0.5) is 17.6 Å². The number of halogens is 4. The average molecular weight is 413 g/mol. The van der Waals surface area contributed by atoms with Crippen molar-refractivity contribution in [3.8, 4) is 11.4 Å². The Bertz CT molecular complexity index is 887. The molecule has 0 atom stereocenters. The first kappa shape index (κ1) is 20.8. The third-order valence-electron chi connectivity index (χ3n) is 4.72. The summed E-state index contributed by atoms with van der Waals surface area (Å²) >= 11 is 0. The van der Waals surface area contributed by atoms with Crippen LogP contribution in [0.1, 0.15) is 49.1 Å². The fraction of sp³-hybridized carbons (Fsp3) is 0.421. The Hall–Kier alpha value is -2.91. The van der Waals surface area contributed by atoms with E-state index < -0.39 is 29.7 Å². The molecule has 0 radical (unpaired) electrons. The van der Waals surface area contributed by atoms with E-state index in [-0.39, 0.29) is 17.4 Å². The molecule has 1 heterocycles. The molecule has 0 saturated heterocycles. The van der Waals surface area contributed by atoms with Gasteiger partial charge in [0.15, 0.2) is 0 Å². The minimum absolute atomic E-state index is 0.287. The van der Waals surface area contributed by atoms with Gasteiger partial charge in [0.25, 0.3) is 5.91 Å². The van der Waals surface area contributed by atoms with Crippen molar-refractivity contribution in [3.63, 3.8) is 0 Å². The fourth-order valence-electron chi connectivity index (χ4n) is 3.35. The van der Waals surface area contributed by atoms with E-state index in [1.54, 1.807) is 0 Å². The number of carbonyl (C=O) groups is 2. The van der Waals surface area contributed by atoms with Crippen LogP contribution in [0.5, 0.6) is 5.75 Å². The van der Waals surface area contributed by atoms with E-state index in [0.29, 0.717) is 12.8 Å². The van der Waals surface area contributed by atoms with Crippen LogP contribution in [0, 0.1) is 11.7 Å². The van der Waals surface area contributed by atoms with Crippen LogP contribution >= 0.6 is 0 Å². The molecule has 0 bridgehead atoms. The van der Waals surface area contributed by atoms with Crippen molar-refractivity contribution in [1.82, 2.24) is 14.9 Å². The van der Waals surface area contributed by atoms with Crippen LogP contribution in [-0.2, 0) is 4.79 Å². The first-order chi connectivity index (χ1) is 13.7. The first-order valence-corrected chi connectivity index (χ1v) is 9.19. The Labute approximate surface area is 163 Å². The molecule has 2 amide bonds. The second kappa shape index (κ2) is 8.62. The molecule has 6 nitrogen and oxygen atoms in total. The van der Waals surface area contributed by atoms with E-state index in [4.69, 9.17) is 0 Å². The van der Waals surface area contributed by atoms with Gasteiger partial charge in [-0.15, -0.1) is 13.2 Å². The number of hydrogen-bond acceptors (Lipinski definition) is 4. The number of imide groups is 1. The summed E-state index contributed by atoms with van der Waals surface area (Å²) in [5, 5.41) is 2.27. The Morgan fingerprint density at radius 1 is 1.14 bits per heavy atom. The van der Waals surface area contributed by atoms with Gasteiger partial charge in [-0.05, 0) is 25.0 Å². The number of carbonyl (C=O) groups excluding carboxylic acids is 2. The lowest BCUT2D eigenvalue weighted by atomic mass is 9.99. The van der Waals surface area contributed by atoms with Gasteiger partial charge in [0, 0.05) is 24.4 Å². The fourth-order valence-corrected chi connectivity index (χ4v) is 3.35. The second-order valence-electron chi connectivity index (χ2n) is 6.79. The van der Waals surface area contributed by atoms with E-state index in [1.165, 1.54) is 12.4 Å². The number of aromatic nitrogens is 2. The van der Waals surface area contributed by atoms with E-state index >= 15 is 0 Å². The van der Waals surface area contributed by atoms with E-state index in [2.05, 4.69) is 15.0 Å². The summed E-state index contributed by atoms with van der Waals surface area (Å²) in [4.78, 5) is 28.7.